The van der Waals surface area contributed by atoms with E-state index in [1.54, 1.807) is 24.3 Å². The van der Waals surface area contributed by atoms with Crippen LogP contribution in [0, 0.1) is 5.92 Å². The number of hydrogen-bond acceptors (Lipinski definition) is 5. The van der Waals surface area contributed by atoms with Gasteiger partial charge in [0, 0.05) is 31.4 Å². The molecule has 31 heavy (non-hydrogen) atoms. The van der Waals surface area contributed by atoms with Crippen molar-refractivity contribution in [3.63, 3.8) is 0 Å². The number of carbonyl (C=O) groups excluding carboxylic acids is 2. The zero-order valence-corrected chi connectivity index (χ0v) is 17.4. The molecule has 2 N–H and O–H groups in total. The molecule has 1 fully saturated rings. The minimum Gasteiger partial charge on any atom is -0.496 e. The fourth-order valence-corrected chi connectivity index (χ4v) is 3.80. The average Bonchev–Trinajstić information content (AvgIpc) is 3.33. The van der Waals surface area contributed by atoms with Crippen molar-refractivity contribution in [2.24, 2.45) is 5.92 Å². The second-order valence-electron chi connectivity index (χ2n) is 7.50. The Hall–Kier alpha value is -3.68. The van der Waals surface area contributed by atoms with E-state index in [0.29, 0.717) is 36.7 Å². The zero-order chi connectivity index (χ0) is 21.6. The van der Waals surface area contributed by atoms with Crippen molar-refractivity contribution in [2.45, 2.75) is 19.4 Å². The Morgan fingerprint density at radius 1 is 1.19 bits per heavy atom. The molecule has 0 unspecified atom stereocenters. The number of carbonyl (C=O) groups is 2. The number of hydrogen-bond donors (Lipinski definition) is 2. The molecule has 1 aliphatic heterocycles. The predicted octanol–water partition coefficient (Wildman–Crippen LogP) is 2.65. The van der Waals surface area contributed by atoms with Crippen molar-refractivity contribution in [3.05, 3.63) is 66.0 Å². The summed E-state index contributed by atoms with van der Waals surface area (Å²) in [4.78, 5) is 31.7. The van der Waals surface area contributed by atoms with Gasteiger partial charge in [-0.1, -0.05) is 24.3 Å². The van der Waals surface area contributed by atoms with Crippen LogP contribution < -0.4 is 10.1 Å². The fraction of sp³-hybridized carbons (Fsp3) is 0.304. The lowest BCUT2D eigenvalue weighted by Gasteiger charge is -2.31. The Morgan fingerprint density at radius 3 is 2.84 bits per heavy atom. The van der Waals surface area contributed by atoms with Gasteiger partial charge in [0.25, 0.3) is 5.91 Å². The highest BCUT2D eigenvalue weighted by Crippen LogP contribution is 2.21. The first-order valence-electron chi connectivity index (χ1n) is 10.3. The molecule has 0 aliphatic carbocycles. The molecule has 1 aromatic carbocycles. The number of benzene rings is 1. The predicted molar refractivity (Wildman–Crippen MR) is 115 cm³/mol. The minimum atomic E-state index is -0.245. The molecule has 8 heteroatoms. The van der Waals surface area contributed by atoms with Gasteiger partial charge in [0.2, 0.25) is 5.91 Å². The highest BCUT2D eigenvalue weighted by atomic mass is 16.5. The molecule has 2 amide bonds. The van der Waals surface area contributed by atoms with Crippen LogP contribution in [-0.2, 0) is 11.3 Å². The number of aromatic nitrogens is 3. The topological polar surface area (TPSA) is 100 Å². The lowest BCUT2D eigenvalue weighted by molar-refractivity contribution is -0.126. The smallest absolute Gasteiger partial charge is 0.271 e. The number of amides is 2. The number of H-pyrrole nitrogens is 1. The third kappa shape index (κ3) is 4.74. The highest BCUT2D eigenvalue weighted by molar-refractivity contribution is 5.93. The van der Waals surface area contributed by atoms with Crippen molar-refractivity contribution in [2.75, 3.05) is 20.2 Å². The second kappa shape index (κ2) is 9.42. The molecule has 1 aliphatic rings. The van der Waals surface area contributed by atoms with Crippen LogP contribution >= 0.6 is 0 Å². The van der Waals surface area contributed by atoms with E-state index in [1.165, 1.54) is 0 Å². The van der Waals surface area contributed by atoms with Crippen molar-refractivity contribution < 1.29 is 14.3 Å². The van der Waals surface area contributed by atoms with E-state index in [4.69, 9.17) is 4.74 Å². The maximum absolute atomic E-state index is 13.0. The summed E-state index contributed by atoms with van der Waals surface area (Å²) in [6.07, 6.45) is 3.22. The monoisotopic (exact) mass is 419 g/mol. The molecule has 1 saturated heterocycles. The van der Waals surface area contributed by atoms with Crippen LogP contribution in [0.2, 0.25) is 0 Å². The standard InChI is InChI=1S/C23H25N5O3/c1-31-21-10-3-2-7-16(21)14-25-22(29)17-8-6-12-28(15-17)23(30)20-13-19(26-27-20)18-9-4-5-11-24-18/h2-5,7,9-11,13,17H,6,8,12,14-15H2,1H3,(H,25,29)(H,26,27)/t17-/m0/s1. The molecule has 0 radical (unpaired) electrons. The Kier molecular flexibility index (Phi) is 6.26. The largest absolute Gasteiger partial charge is 0.496 e. The number of rotatable bonds is 6. The third-order valence-electron chi connectivity index (χ3n) is 5.46. The molecule has 0 saturated carbocycles. The zero-order valence-electron chi connectivity index (χ0n) is 17.4. The van der Waals surface area contributed by atoms with Crippen LogP contribution in [0.5, 0.6) is 5.75 Å². The summed E-state index contributed by atoms with van der Waals surface area (Å²) in [6, 6.07) is 14.8. The number of nitrogens with one attached hydrogen (secondary N) is 2. The molecule has 0 spiro atoms. The van der Waals surface area contributed by atoms with Gasteiger partial charge in [-0.05, 0) is 37.1 Å². The van der Waals surface area contributed by atoms with Gasteiger partial charge in [-0.2, -0.15) is 5.10 Å². The SMILES string of the molecule is COc1ccccc1CNC(=O)[C@H]1CCCN(C(=O)c2cc(-c3ccccn3)n[nH]2)C1. The minimum absolute atomic E-state index is 0.0535. The lowest BCUT2D eigenvalue weighted by atomic mass is 9.96. The number of aromatic amines is 1. The third-order valence-corrected chi connectivity index (χ3v) is 5.46. The highest BCUT2D eigenvalue weighted by Gasteiger charge is 2.29. The summed E-state index contributed by atoms with van der Waals surface area (Å²) in [6.45, 7) is 1.39. The molecule has 4 rings (SSSR count). The van der Waals surface area contributed by atoms with E-state index >= 15 is 0 Å². The van der Waals surface area contributed by atoms with Crippen LogP contribution in [0.4, 0.5) is 0 Å². The van der Waals surface area contributed by atoms with Gasteiger partial charge in [-0.25, -0.2) is 0 Å². The summed E-state index contributed by atoms with van der Waals surface area (Å²) in [5.41, 5.74) is 2.63. The molecular formula is C23H25N5O3. The molecule has 1 atom stereocenters. The van der Waals surface area contributed by atoms with Crippen LogP contribution in [-0.4, -0.2) is 52.1 Å². The van der Waals surface area contributed by atoms with E-state index in [2.05, 4.69) is 20.5 Å². The Bertz CT molecular complexity index is 1050. The van der Waals surface area contributed by atoms with Gasteiger partial charge in [0.05, 0.1) is 18.7 Å². The van der Waals surface area contributed by atoms with E-state index in [0.717, 1.165) is 24.2 Å². The average molecular weight is 419 g/mol. The lowest BCUT2D eigenvalue weighted by Crippen LogP contribution is -2.45. The number of para-hydroxylation sites is 1. The van der Waals surface area contributed by atoms with E-state index in [9.17, 15) is 9.59 Å². The van der Waals surface area contributed by atoms with Gasteiger partial charge in [-0.15, -0.1) is 0 Å². The van der Waals surface area contributed by atoms with E-state index < -0.39 is 0 Å². The Labute approximate surface area is 180 Å². The number of nitrogens with zero attached hydrogens (tertiary/aromatic N) is 3. The van der Waals surface area contributed by atoms with Crippen molar-refractivity contribution in [1.29, 1.82) is 0 Å². The van der Waals surface area contributed by atoms with Gasteiger partial charge < -0.3 is 15.0 Å². The van der Waals surface area contributed by atoms with Gasteiger partial charge in [0.1, 0.15) is 17.1 Å². The van der Waals surface area contributed by atoms with Crippen LogP contribution in [0.3, 0.4) is 0 Å². The first kappa shape index (κ1) is 20.6. The second-order valence-corrected chi connectivity index (χ2v) is 7.50. The van der Waals surface area contributed by atoms with Crippen molar-refractivity contribution >= 4 is 11.8 Å². The maximum atomic E-state index is 13.0. The molecule has 160 valence electrons. The number of pyridine rings is 1. The maximum Gasteiger partial charge on any atom is 0.271 e. The number of piperidine rings is 1. The summed E-state index contributed by atoms with van der Waals surface area (Å²) < 4.78 is 5.34. The summed E-state index contributed by atoms with van der Waals surface area (Å²) in [5.74, 6) is 0.288. The molecule has 3 aromatic rings. The van der Waals surface area contributed by atoms with Gasteiger partial charge in [0.15, 0.2) is 0 Å². The van der Waals surface area contributed by atoms with Crippen LogP contribution in [0.1, 0.15) is 28.9 Å². The fourth-order valence-electron chi connectivity index (χ4n) is 3.80. The quantitative estimate of drug-likeness (QED) is 0.640. The molecule has 2 aromatic heterocycles. The van der Waals surface area contributed by atoms with Gasteiger partial charge in [-0.3, -0.25) is 19.7 Å². The molecule has 3 heterocycles. The van der Waals surface area contributed by atoms with Crippen molar-refractivity contribution in [3.8, 4) is 17.1 Å². The number of ether oxygens (including phenoxy) is 1. The molecule has 8 nitrogen and oxygen atoms in total. The molecular weight excluding hydrogens is 394 g/mol. The summed E-state index contributed by atoms with van der Waals surface area (Å²) >= 11 is 0. The first-order chi connectivity index (χ1) is 15.2. The van der Waals surface area contributed by atoms with E-state index in [-0.39, 0.29) is 17.7 Å². The number of methoxy groups -OCH3 is 1. The first-order valence-corrected chi connectivity index (χ1v) is 10.3. The van der Waals surface area contributed by atoms with Crippen molar-refractivity contribution in [1.82, 2.24) is 25.4 Å². The Balaban J connectivity index is 1.37. The van der Waals surface area contributed by atoms with Gasteiger partial charge >= 0.3 is 0 Å². The Morgan fingerprint density at radius 2 is 2.03 bits per heavy atom. The summed E-state index contributed by atoms with van der Waals surface area (Å²) in [5, 5.41) is 10.0. The normalized spacial score (nSPS) is 16.0. The van der Waals surface area contributed by atoms with Crippen LogP contribution in [0.15, 0.2) is 54.7 Å². The molecule has 0 bridgehead atoms. The number of likely N-dealkylation sites (tertiary alicyclic amines) is 1. The van der Waals surface area contributed by atoms with Crippen LogP contribution in [0.25, 0.3) is 11.4 Å². The summed E-state index contributed by atoms with van der Waals surface area (Å²) in [7, 11) is 1.61. The van der Waals surface area contributed by atoms with E-state index in [1.807, 2.05) is 42.5 Å².